The first-order valence-corrected chi connectivity index (χ1v) is 6.07. The minimum Gasteiger partial charge on any atom is -0.0625 e. The molecule has 0 amide bonds. The van der Waals surface area contributed by atoms with E-state index in [0.29, 0.717) is 0 Å². The lowest BCUT2D eigenvalue weighted by molar-refractivity contribution is 0.645. The number of benzene rings is 2. The van der Waals surface area contributed by atoms with Crippen molar-refractivity contribution < 1.29 is 0 Å². The minimum atomic E-state index is 0.722. The van der Waals surface area contributed by atoms with E-state index in [-0.39, 0.29) is 0 Å². The molecule has 84 valence electrons. The van der Waals surface area contributed by atoms with Crippen LogP contribution in [0.4, 0.5) is 0 Å². The molecule has 16 heavy (non-hydrogen) atoms. The summed E-state index contributed by atoms with van der Waals surface area (Å²) in [7, 11) is 0. The SMILES string of the molecule is Cc1c(CC(C)C)cc2ccccc2c1C. The second-order valence-electron chi connectivity index (χ2n) is 5.10. The van der Waals surface area contributed by atoms with Gasteiger partial charge in [0.1, 0.15) is 0 Å². The van der Waals surface area contributed by atoms with Crippen molar-refractivity contribution in [3.05, 3.63) is 47.0 Å². The Labute approximate surface area is 98.3 Å². The molecular weight excluding hydrogens is 192 g/mol. The second kappa shape index (κ2) is 4.29. The van der Waals surface area contributed by atoms with Crippen molar-refractivity contribution in [1.29, 1.82) is 0 Å². The fourth-order valence-corrected chi connectivity index (χ4v) is 2.36. The lowest BCUT2D eigenvalue weighted by Crippen LogP contribution is -1.99. The van der Waals surface area contributed by atoms with Crippen molar-refractivity contribution in [1.82, 2.24) is 0 Å². The van der Waals surface area contributed by atoms with Crippen LogP contribution in [0, 0.1) is 19.8 Å². The molecule has 0 N–H and O–H groups in total. The Hall–Kier alpha value is -1.30. The van der Waals surface area contributed by atoms with E-state index in [0.717, 1.165) is 5.92 Å². The highest BCUT2D eigenvalue weighted by atomic mass is 14.1. The molecule has 0 unspecified atom stereocenters. The molecule has 0 aliphatic rings. The van der Waals surface area contributed by atoms with Gasteiger partial charge >= 0.3 is 0 Å². The van der Waals surface area contributed by atoms with E-state index in [9.17, 15) is 0 Å². The number of fused-ring (bicyclic) bond motifs is 1. The Balaban J connectivity index is 2.64. The molecule has 0 fully saturated rings. The number of rotatable bonds is 2. The van der Waals surface area contributed by atoms with Gasteiger partial charge < -0.3 is 0 Å². The van der Waals surface area contributed by atoms with Crippen molar-refractivity contribution in [3.63, 3.8) is 0 Å². The van der Waals surface area contributed by atoms with Crippen molar-refractivity contribution in [3.8, 4) is 0 Å². The van der Waals surface area contributed by atoms with Crippen LogP contribution < -0.4 is 0 Å². The summed E-state index contributed by atoms with van der Waals surface area (Å²) in [6.07, 6.45) is 1.18. The predicted octanol–water partition coefficient (Wildman–Crippen LogP) is 4.66. The number of hydrogen-bond donors (Lipinski definition) is 0. The number of aryl methyl sites for hydroxylation is 1. The Morgan fingerprint density at radius 1 is 1.00 bits per heavy atom. The zero-order chi connectivity index (χ0) is 11.7. The van der Waals surface area contributed by atoms with Crippen LogP contribution in [-0.4, -0.2) is 0 Å². The first-order valence-electron chi connectivity index (χ1n) is 6.07. The number of hydrogen-bond acceptors (Lipinski definition) is 0. The largest absolute Gasteiger partial charge is 0.0625 e. The summed E-state index contributed by atoms with van der Waals surface area (Å²) in [6, 6.07) is 11.0. The average Bonchev–Trinajstić information content (AvgIpc) is 2.25. The third-order valence-corrected chi connectivity index (χ3v) is 3.37. The molecule has 0 heteroatoms. The standard InChI is InChI=1S/C16H20/c1-11(2)9-15-10-14-7-5-6-8-16(14)13(4)12(15)3/h5-8,10-11H,9H2,1-4H3. The summed E-state index contributed by atoms with van der Waals surface area (Å²) in [4.78, 5) is 0. The molecule has 0 atom stereocenters. The maximum atomic E-state index is 2.36. The highest BCUT2D eigenvalue weighted by Crippen LogP contribution is 2.26. The molecule has 2 aromatic carbocycles. The first-order chi connectivity index (χ1) is 7.59. The van der Waals surface area contributed by atoms with Crippen LogP contribution in [-0.2, 0) is 6.42 Å². The molecule has 0 aromatic heterocycles. The van der Waals surface area contributed by atoms with Gasteiger partial charge in [-0.15, -0.1) is 0 Å². The molecule has 0 nitrogen and oxygen atoms in total. The minimum absolute atomic E-state index is 0.722. The fourth-order valence-electron chi connectivity index (χ4n) is 2.36. The van der Waals surface area contributed by atoms with Gasteiger partial charge in [-0.25, -0.2) is 0 Å². The van der Waals surface area contributed by atoms with Gasteiger partial charge in [-0.2, -0.15) is 0 Å². The summed E-state index contributed by atoms with van der Waals surface area (Å²) in [5.74, 6) is 0.722. The summed E-state index contributed by atoms with van der Waals surface area (Å²) in [5.41, 5.74) is 4.41. The van der Waals surface area contributed by atoms with Gasteiger partial charge in [0.2, 0.25) is 0 Å². The van der Waals surface area contributed by atoms with Gasteiger partial charge in [0.05, 0.1) is 0 Å². The van der Waals surface area contributed by atoms with Gasteiger partial charge in [0, 0.05) is 0 Å². The van der Waals surface area contributed by atoms with E-state index in [1.54, 1.807) is 0 Å². The van der Waals surface area contributed by atoms with Crippen molar-refractivity contribution in [2.24, 2.45) is 5.92 Å². The summed E-state index contributed by atoms with van der Waals surface area (Å²) >= 11 is 0. The molecule has 0 bridgehead atoms. The monoisotopic (exact) mass is 212 g/mol. The predicted molar refractivity (Wildman–Crippen MR) is 72.0 cm³/mol. The maximum Gasteiger partial charge on any atom is -0.0152 e. The Kier molecular flexibility index (Phi) is 3.00. The van der Waals surface area contributed by atoms with Crippen LogP contribution >= 0.6 is 0 Å². The van der Waals surface area contributed by atoms with Crippen LogP contribution in [0.5, 0.6) is 0 Å². The maximum absolute atomic E-state index is 2.36. The highest BCUT2D eigenvalue weighted by molar-refractivity contribution is 5.87. The van der Waals surface area contributed by atoms with E-state index >= 15 is 0 Å². The van der Waals surface area contributed by atoms with Gasteiger partial charge in [-0.1, -0.05) is 44.2 Å². The van der Waals surface area contributed by atoms with Gasteiger partial charge in [-0.3, -0.25) is 0 Å². The van der Waals surface area contributed by atoms with Crippen LogP contribution in [0.15, 0.2) is 30.3 Å². The molecule has 0 aliphatic heterocycles. The molecule has 0 heterocycles. The molecule has 0 spiro atoms. The third-order valence-electron chi connectivity index (χ3n) is 3.37. The smallest absolute Gasteiger partial charge is 0.0152 e. The molecule has 2 aromatic rings. The molecule has 0 aliphatic carbocycles. The topological polar surface area (TPSA) is 0 Å². The van der Waals surface area contributed by atoms with E-state index in [1.165, 1.54) is 33.9 Å². The Morgan fingerprint density at radius 2 is 1.69 bits per heavy atom. The van der Waals surface area contributed by atoms with E-state index in [4.69, 9.17) is 0 Å². The highest BCUT2D eigenvalue weighted by Gasteiger charge is 2.07. The molecule has 0 radical (unpaired) electrons. The quantitative estimate of drug-likeness (QED) is 0.679. The van der Waals surface area contributed by atoms with Crippen molar-refractivity contribution in [2.75, 3.05) is 0 Å². The van der Waals surface area contributed by atoms with Crippen molar-refractivity contribution in [2.45, 2.75) is 34.1 Å². The first kappa shape index (κ1) is 11.2. The van der Waals surface area contributed by atoms with E-state index in [1.807, 2.05) is 0 Å². The molecule has 2 rings (SSSR count). The van der Waals surface area contributed by atoms with Crippen molar-refractivity contribution >= 4 is 10.8 Å². The lowest BCUT2D eigenvalue weighted by Gasteiger charge is -2.14. The van der Waals surface area contributed by atoms with Crippen LogP contribution in [0.1, 0.15) is 30.5 Å². The van der Waals surface area contributed by atoms with Gasteiger partial charge in [0.25, 0.3) is 0 Å². The van der Waals surface area contributed by atoms with E-state index < -0.39 is 0 Å². The van der Waals surface area contributed by atoms with E-state index in [2.05, 4.69) is 58.0 Å². The molecule has 0 saturated carbocycles. The second-order valence-corrected chi connectivity index (χ2v) is 5.10. The third kappa shape index (κ3) is 1.97. The summed E-state index contributed by atoms with van der Waals surface area (Å²) < 4.78 is 0. The Morgan fingerprint density at radius 3 is 2.38 bits per heavy atom. The van der Waals surface area contributed by atoms with Gasteiger partial charge in [0.15, 0.2) is 0 Å². The molecular formula is C16H20. The molecule has 0 saturated heterocycles. The average molecular weight is 212 g/mol. The van der Waals surface area contributed by atoms with Gasteiger partial charge in [-0.05, 0) is 53.6 Å². The normalized spacial score (nSPS) is 11.3. The fraction of sp³-hybridized carbons (Fsp3) is 0.375. The zero-order valence-electron chi connectivity index (χ0n) is 10.7. The Bertz CT molecular complexity index is 507. The zero-order valence-corrected chi connectivity index (χ0v) is 10.7. The van der Waals surface area contributed by atoms with Crippen LogP contribution in [0.25, 0.3) is 10.8 Å². The summed E-state index contributed by atoms with van der Waals surface area (Å²) in [6.45, 7) is 9.05. The summed E-state index contributed by atoms with van der Waals surface area (Å²) in [5, 5.41) is 2.77. The van der Waals surface area contributed by atoms with Crippen LogP contribution in [0.3, 0.4) is 0 Å². The van der Waals surface area contributed by atoms with Crippen LogP contribution in [0.2, 0.25) is 0 Å². The lowest BCUT2D eigenvalue weighted by atomic mass is 9.91.